The summed E-state index contributed by atoms with van der Waals surface area (Å²) < 4.78 is 21.8. The third kappa shape index (κ3) is 22.3. The predicted octanol–water partition coefficient (Wildman–Crippen LogP) is 0.0864. The quantitative estimate of drug-likeness (QED) is 0.0167. The van der Waals surface area contributed by atoms with Gasteiger partial charge in [-0.3, -0.25) is 54.6 Å². The zero-order chi connectivity index (χ0) is 64.2. The SMILES string of the molecule is COc1ccc(NC(=O)[C@@H](CCCNC(=N)N)NC(=O)c2cc(NC(=O)[C@@H](CCCNC(=N)N)NC(=O)c3cc(NC(=O)[C@@H](CCCNC(=N)N)NC(=O)c4cc(NC(=O)[C@@H](C)N)ccc4OC)ccc3OC)ccc2OC)cc1C(=O)NCCCN. The number of carbonyl (C=O) groups is 8. The van der Waals surface area contributed by atoms with Crippen LogP contribution in [-0.2, 0) is 19.2 Å². The molecule has 0 spiro atoms. The summed E-state index contributed by atoms with van der Waals surface area (Å²) in [6.07, 6.45) is 1.23. The summed E-state index contributed by atoms with van der Waals surface area (Å²) in [4.78, 5) is 110. The van der Waals surface area contributed by atoms with Crippen molar-refractivity contribution < 1.29 is 57.3 Å². The Bertz CT molecular complexity index is 3120. The van der Waals surface area contributed by atoms with Gasteiger partial charge in [0.1, 0.15) is 41.1 Å². The Balaban J connectivity index is 1.61. The third-order valence-electron chi connectivity index (χ3n) is 12.7. The Hall–Kier alpha value is -10.4. The molecule has 8 amide bonds. The Morgan fingerprint density at radius 2 is 0.678 bits per heavy atom. The molecule has 31 heteroatoms. The highest BCUT2D eigenvalue weighted by molar-refractivity contribution is 6.08. The minimum absolute atomic E-state index is 0.0193. The fourth-order valence-electron chi connectivity index (χ4n) is 8.30. The van der Waals surface area contributed by atoms with Crippen LogP contribution < -0.4 is 106 Å². The molecule has 0 bridgehead atoms. The zero-order valence-corrected chi connectivity index (χ0v) is 49.0. The van der Waals surface area contributed by atoms with E-state index < -0.39 is 71.4 Å². The van der Waals surface area contributed by atoms with Crippen molar-refractivity contribution in [1.29, 1.82) is 16.2 Å². The van der Waals surface area contributed by atoms with E-state index in [0.717, 1.165) is 0 Å². The second-order valence-electron chi connectivity index (χ2n) is 19.3. The molecule has 0 aliphatic heterocycles. The zero-order valence-electron chi connectivity index (χ0n) is 49.0. The molecule has 0 saturated heterocycles. The lowest BCUT2D eigenvalue weighted by atomic mass is 10.1. The summed E-state index contributed by atoms with van der Waals surface area (Å²) in [7, 11) is 5.34. The molecule has 24 N–H and O–H groups in total. The number of nitrogens with two attached hydrogens (primary N) is 5. The number of methoxy groups -OCH3 is 4. The molecule has 4 atom stereocenters. The van der Waals surface area contributed by atoms with Crippen molar-refractivity contribution in [2.75, 3.05) is 82.4 Å². The fraction of sp³-hybridized carbons (Fsp3) is 0.375. The first-order valence-electron chi connectivity index (χ1n) is 27.4. The second kappa shape index (κ2) is 35.0. The molecule has 470 valence electrons. The average Bonchev–Trinajstić information content (AvgIpc) is 2.53. The summed E-state index contributed by atoms with van der Waals surface area (Å²) in [6.45, 7) is 2.60. The van der Waals surface area contributed by atoms with Crippen molar-refractivity contribution in [2.24, 2.45) is 28.7 Å². The summed E-state index contributed by atoms with van der Waals surface area (Å²) >= 11 is 0. The average molecular weight is 1210 g/mol. The van der Waals surface area contributed by atoms with Gasteiger partial charge in [-0.25, -0.2) is 0 Å². The molecule has 0 radical (unpaired) electrons. The lowest BCUT2D eigenvalue weighted by molar-refractivity contribution is -0.118. The van der Waals surface area contributed by atoms with Crippen LogP contribution in [0.1, 0.15) is 93.3 Å². The van der Waals surface area contributed by atoms with Gasteiger partial charge in [-0.15, -0.1) is 0 Å². The van der Waals surface area contributed by atoms with Gasteiger partial charge in [-0.05, 0) is 131 Å². The van der Waals surface area contributed by atoms with E-state index in [1.807, 2.05) is 0 Å². The van der Waals surface area contributed by atoms with Gasteiger partial charge in [0.2, 0.25) is 23.6 Å². The maximum absolute atomic E-state index is 14.3. The van der Waals surface area contributed by atoms with E-state index in [1.54, 1.807) is 0 Å². The van der Waals surface area contributed by atoms with E-state index in [0.29, 0.717) is 19.5 Å². The summed E-state index contributed by atoms with van der Waals surface area (Å²) in [5.41, 5.74) is 28.2. The van der Waals surface area contributed by atoms with Crippen LogP contribution in [0.15, 0.2) is 72.8 Å². The highest BCUT2D eigenvalue weighted by Crippen LogP contribution is 2.28. The van der Waals surface area contributed by atoms with Crippen LogP contribution in [0.25, 0.3) is 0 Å². The minimum atomic E-state index is -1.31. The van der Waals surface area contributed by atoms with Crippen LogP contribution in [0.3, 0.4) is 0 Å². The minimum Gasteiger partial charge on any atom is -0.496 e. The molecule has 0 saturated carbocycles. The fourth-order valence-corrected chi connectivity index (χ4v) is 8.30. The van der Waals surface area contributed by atoms with Gasteiger partial charge in [0.15, 0.2) is 17.9 Å². The van der Waals surface area contributed by atoms with E-state index in [1.165, 1.54) is 108 Å². The molecule has 0 aromatic heterocycles. The number of amides is 8. The predicted molar refractivity (Wildman–Crippen MR) is 327 cm³/mol. The third-order valence-corrected chi connectivity index (χ3v) is 12.7. The van der Waals surface area contributed by atoms with Crippen molar-refractivity contribution >= 4 is 87.9 Å². The van der Waals surface area contributed by atoms with Crippen LogP contribution in [0.4, 0.5) is 22.7 Å². The van der Waals surface area contributed by atoms with E-state index >= 15 is 0 Å². The molecule has 87 heavy (non-hydrogen) atoms. The van der Waals surface area contributed by atoms with Gasteiger partial charge >= 0.3 is 0 Å². The molecule has 4 aromatic rings. The van der Waals surface area contributed by atoms with Gasteiger partial charge < -0.3 is 106 Å². The highest BCUT2D eigenvalue weighted by atomic mass is 16.5. The maximum Gasteiger partial charge on any atom is 0.255 e. The summed E-state index contributed by atoms with van der Waals surface area (Å²) in [5, 5.41) is 52.3. The van der Waals surface area contributed by atoms with Gasteiger partial charge in [0, 0.05) is 48.9 Å². The smallest absolute Gasteiger partial charge is 0.255 e. The van der Waals surface area contributed by atoms with Crippen LogP contribution in [-0.4, -0.2) is 150 Å². The number of carbonyl (C=O) groups excluding carboxylic acids is 8. The van der Waals surface area contributed by atoms with Gasteiger partial charge in [0.05, 0.1) is 56.7 Å². The van der Waals surface area contributed by atoms with Crippen LogP contribution in [0, 0.1) is 16.2 Å². The molecule has 4 aromatic carbocycles. The number of nitrogens with one attached hydrogen (secondary N) is 14. The molecular weight excluding hydrogens is 1130 g/mol. The second-order valence-corrected chi connectivity index (χ2v) is 19.3. The molecular formula is C56H79N19O12. The standard InChI is InChI=1S/C56H79N19O12/c1-30(58)46(76)69-31-13-18-43(85-3)36(27-31)48(78)73-40(11-7-23-67-55(61)62)52(82)71-33-15-20-45(87-5)38(29-33)50(80)75-41(12-8-24-68-56(63)64)53(83)72-34-16-19-44(86-4)37(28-34)49(79)74-39(10-6-22-66-54(59)60)51(81)70-32-14-17-42(84-2)35(26-32)47(77)65-25-9-21-57/h13-20,26-30,39-41H,6-12,21-25,57-58H2,1-5H3,(H,65,77)(H,69,76)(H,70,81)(H,71,82)(H,72,83)(H,73,78)(H,74,79)(H,75,80)(H4,59,60,66)(H4,61,62,67)(H4,63,64,68)/t30-,39-,40-,41-/m1/s1. The van der Waals surface area contributed by atoms with Crippen molar-refractivity contribution in [2.45, 2.75) is 76.0 Å². The number of hydrogen-bond donors (Lipinski definition) is 19. The van der Waals surface area contributed by atoms with Gasteiger partial charge in [0.25, 0.3) is 23.6 Å². The van der Waals surface area contributed by atoms with Crippen LogP contribution in [0.5, 0.6) is 23.0 Å². The molecule has 0 heterocycles. The van der Waals surface area contributed by atoms with E-state index in [-0.39, 0.29) is 144 Å². The molecule has 0 fully saturated rings. The molecule has 31 nitrogen and oxygen atoms in total. The maximum atomic E-state index is 14.3. The summed E-state index contributed by atoms with van der Waals surface area (Å²) in [6, 6.07) is 12.4. The lowest BCUT2D eigenvalue weighted by Gasteiger charge is -2.22. The van der Waals surface area contributed by atoms with Gasteiger partial charge in [-0.2, -0.15) is 0 Å². The number of ether oxygens (including phenoxy) is 4. The molecule has 0 aliphatic carbocycles. The first kappa shape index (κ1) is 69.1. The molecule has 0 unspecified atom stereocenters. The van der Waals surface area contributed by atoms with Crippen LogP contribution >= 0.6 is 0 Å². The largest absolute Gasteiger partial charge is 0.496 e. The number of rotatable bonds is 34. The Labute approximate surface area is 502 Å². The lowest BCUT2D eigenvalue weighted by Crippen LogP contribution is -2.45. The Morgan fingerprint density at radius 3 is 0.931 bits per heavy atom. The first-order chi connectivity index (χ1) is 41.5. The number of benzene rings is 4. The van der Waals surface area contributed by atoms with Crippen molar-refractivity contribution in [3.05, 3.63) is 95.1 Å². The normalized spacial score (nSPS) is 11.9. The Morgan fingerprint density at radius 1 is 0.414 bits per heavy atom. The van der Waals surface area contributed by atoms with E-state index in [9.17, 15) is 38.4 Å². The number of guanidine groups is 3. The van der Waals surface area contributed by atoms with Crippen molar-refractivity contribution in [3.8, 4) is 23.0 Å². The highest BCUT2D eigenvalue weighted by Gasteiger charge is 2.29. The van der Waals surface area contributed by atoms with Crippen molar-refractivity contribution in [3.63, 3.8) is 0 Å². The Kier molecular flexibility index (Phi) is 27.8. The number of anilines is 4. The van der Waals surface area contributed by atoms with E-state index in [2.05, 4.69) is 58.5 Å². The summed E-state index contributed by atoms with van der Waals surface area (Å²) in [5.74, 6) is -6.02. The monoisotopic (exact) mass is 1210 g/mol. The van der Waals surface area contributed by atoms with Crippen LogP contribution in [0.2, 0.25) is 0 Å². The first-order valence-corrected chi connectivity index (χ1v) is 27.4. The number of hydrogen-bond acceptors (Lipinski definition) is 17. The van der Waals surface area contributed by atoms with Crippen molar-refractivity contribution in [1.82, 2.24) is 37.2 Å². The van der Waals surface area contributed by atoms with Gasteiger partial charge in [-0.1, -0.05) is 0 Å². The molecule has 0 aliphatic rings. The molecule has 4 rings (SSSR count). The topological polar surface area (TPSA) is 507 Å². The van der Waals surface area contributed by atoms with E-state index in [4.69, 9.17) is 63.8 Å².